The Bertz CT molecular complexity index is 559. The Balaban J connectivity index is 2.72. The highest BCUT2D eigenvalue weighted by molar-refractivity contribution is 9.11. The Morgan fingerprint density at radius 1 is 0.765 bits per heavy atom. The van der Waals surface area contributed by atoms with Crippen LogP contribution in [-0.2, 0) is 0 Å². The standard InChI is InChI=1S/C12H5Br2F3/c13-9-2-1-6(15)3-8(9)12-10(14)4-7(16)5-11(12)17/h1-5H. The Kier molecular flexibility index (Phi) is 3.58. The maximum absolute atomic E-state index is 13.7. The molecule has 0 aliphatic rings. The fourth-order valence-corrected chi connectivity index (χ4v) is 2.56. The van der Waals surface area contributed by atoms with Crippen LogP contribution < -0.4 is 0 Å². The van der Waals surface area contributed by atoms with Gasteiger partial charge in [-0.2, -0.15) is 0 Å². The van der Waals surface area contributed by atoms with Crippen LogP contribution in [0.4, 0.5) is 13.2 Å². The summed E-state index contributed by atoms with van der Waals surface area (Å²) in [4.78, 5) is 0. The van der Waals surface area contributed by atoms with Crippen LogP contribution in [0.2, 0.25) is 0 Å². The lowest BCUT2D eigenvalue weighted by atomic mass is 10.0. The second-order valence-electron chi connectivity index (χ2n) is 3.37. The molecule has 88 valence electrons. The molecule has 0 saturated heterocycles. The van der Waals surface area contributed by atoms with E-state index in [1.807, 2.05) is 0 Å². The second kappa shape index (κ2) is 4.82. The summed E-state index contributed by atoms with van der Waals surface area (Å²) in [5, 5.41) is 0. The van der Waals surface area contributed by atoms with Gasteiger partial charge in [-0.3, -0.25) is 0 Å². The summed E-state index contributed by atoms with van der Waals surface area (Å²) in [5.41, 5.74) is 0.451. The van der Waals surface area contributed by atoms with Gasteiger partial charge in [-0.05, 0) is 40.2 Å². The molecule has 0 aliphatic carbocycles. The summed E-state index contributed by atoms with van der Waals surface area (Å²) in [6.07, 6.45) is 0. The smallest absolute Gasteiger partial charge is 0.135 e. The molecule has 2 aromatic rings. The molecule has 0 N–H and O–H groups in total. The average molecular weight is 366 g/mol. The minimum atomic E-state index is -0.747. The van der Waals surface area contributed by atoms with Crippen LogP contribution in [0.15, 0.2) is 39.3 Å². The molecule has 0 aromatic heterocycles. The molecule has 0 aliphatic heterocycles. The zero-order chi connectivity index (χ0) is 12.6. The van der Waals surface area contributed by atoms with Crippen molar-refractivity contribution in [2.24, 2.45) is 0 Å². The van der Waals surface area contributed by atoms with Crippen molar-refractivity contribution in [3.63, 3.8) is 0 Å². The van der Waals surface area contributed by atoms with Crippen LogP contribution in [0.5, 0.6) is 0 Å². The third-order valence-electron chi connectivity index (χ3n) is 2.20. The Morgan fingerprint density at radius 2 is 1.47 bits per heavy atom. The van der Waals surface area contributed by atoms with Crippen LogP contribution in [0.25, 0.3) is 11.1 Å². The molecule has 5 heteroatoms. The number of hydrogen-bond donors (Lipinski definition) is 0. The van der Waals surface area contributed by atoms with Gasteiger partial charge < -0.3 is 0 Å². The van der Waals surface area contributed by atoms with Gasteiger partial charge in [0.2, 0.25) is 0 Å². The first-order chi connectivity index (χ1) is 7.99. The summed E-state index contributed by atoms with van der Waals surface area (Å²) < 4.78 is 40.6. The van der Waals surface area contributed by atoms with Crippen LogP contribution in [0.3, 0.4) is 0 Å². The summed E-state index contributed by atoms with van der Waals surface area (Å²) >= 11 is 6.28. The summed E-state index contributed by atoms with van der Waals surface area (Å²) in [6, 6.07) is 5.81. The van der Waals surface area contributed by atoms with Crippen LogP contribution in [-0.4, -0.2) is 0 Å². The normalized spacial score (nSPS) is 10.6. The molecule has 2 rings (SSSR count). The van der Waals surface area contributed by atoms with E-state index >= 15 is 0 Å². The van der Waals surface area contributed by atoms with E-state index in [2.05, 4.69) is 31.9 Å². The van der Waals surface area contributed by atoms with Gasteiger partial charge in [0.1, 0.15) is 17.5 Å². The van der Waals surface area contributed by atoms with Crippen molar-refractivity contribution in [3.05, 3.63) is 56.7 Å². The lowest BCUT2D eigenvalue weighted by Gasteiger charge is -2.09. The van der Waals surface area contributed by atoms with Crippen LogP contribution in [0, 0.1) is 17.5 Å². The third kappa shape index (κ3) is 2.55. The monoisotopic (exact) mass is 364 g/mol. The van der Waals surface area contributed by atoms with Gasteiger partial charge in [0.05, 0.1) is 0 Å². The molecular weight excluding hydrogens is 361 g/mol. The van der Waals surface area contributed by atoms with Crippen molar-refractivity contribution < 1.29 is 13.2 Å². The predicted octanol–water partition coefficient (Wildman–Crippen LogP) is 5.30. The third-order valence-corrected chi connectivity index (χ3v) is 3.52. The minimum absolute atomic E-state index is 0.123. The molecule has 0 amide bonds. The van der Waals surface area contributed by atoms with Crippen molar-refractivity contribution in [2.75, 3.05) is 0 Å². The lowest BCUT2D eigenvalue weighted by molar-refractivity contribution is 0.584. The van der Waals surface area contributed by atoms with Gasteiger partial charge in [-0.15, -0.1) is 0 Å². The van der Waals surface area contributed by atoms with E-state index < -0.39 is 17.5 Å². The molecular formula is C12H5Br2F3. The second-order valence-corrected chi connectivity index (χ2v) is 5.08. The average Bonchev–Trinajstić information content (AvgIpc) is 2.21. The fourth-order valence-electron chi connectivity index (χ4n) is 1.49. The highest BCUT2D eigenvalue weighted by Crippen LogP contribution is 2.36. The van der Waals surface area contributed by atoms with Gasteiger partial charge in [0, 0.05) is 26.1 Å². The van der Waals surface area contributed by atoms with E-state index in [0.29, 0.717) is 10.0 Å². The largest absolute Gasteiger partial charge is 0.207 e. The molecule has 17 heavy (non-hydrogen) atoms. The maximum atomic E-state index is 13.7. The maximum Gasteiger partial charge on any atom is 0.135 e. The van der Waals surface area contributed by atoms with E-state index in [1.54, 1.807) is 0 Å². The Morgan fingerprint density at radius 3 is 2.12 bits per heavy atom. The fraction of sp³-hybridized carbons (Fsp3) is 0. The van der Waals surface area contributed by atoms with E-state index in [0.717, 1.165) is 12.1 Å². The Labute approximate surface area is 113 Å². The van der Waals surface area contributed by atoms with E-state index in [1.165, 1.54) is 18.2 Å². The van der Waals surface area contributed by atoms with Gasteiger partial charge in [-0.25, -0.2) is 13.2 Å². The molecule has 2 aromatic carbocycles. The van der Waals surface area contributed by atoms with Crippen molar-refractivity contribution in [2.45, 2.75) is 0 Å². The van der Waals surface area contributed by atoms with E-state index in [-0.39, 0.29) is 10.0 Å². The van der Waals surface area contributed by atoms with Gasteiger partial charge in [0.15, 0.2) is 0 Å². The predicted molar refractivity (Wildman–Crippen MR) is 67.2 cm³/mol. The van der Waals surface area contributed by atoms with Crippen molar-refractivity contribution in [1.29, 1.82) is 0 Å². The highest BCUT2D eigenvalue weighted by atomic mass is 79.9. The number of hydrogen-bond acceptors (Lipinski definition) is 0. The molecule has 0 saturated carbocycles. The molecule has 0 spiro atoms. The molecule has 0 atom stereocenters. The first kappa shape index (κ1) is 12.6. The quantitative estimate of drug-likeness (QED) is 0.643. The lowest BCUT2D eigenvalue weighted by Crippen LogP contribution is -1.91. The van der Waals surface area contributed by atoms with Gasteiger partial charge in [-0.1, -0.05) is 15.9 Å². The summed E-state index contributed by atoms with van der Waals surface area (Å²) in [5.74, 6) is -1.92. The van der Waals surface area contributed by atoms with Crippen molar-refractivity contribution in [3.8, 4) is 11.1 Å². The van der Waals surface area contributed by atoms with Crippen LogP contribution in [0.1, 0.15) is 0 Å². The Hall–Kier alpha value is -0.810. The molecule has 0 radical (unpaired) electrons. The van der Waals surface area contributed by atoms with Crippen molar-refractivity contribution in [1.82, 2.24) is 0 Å². The number of benzene rings is 2. The summed E-state index contributed by atoms with van der Waals surface area (Å²) in [7, 11) is 0. The molecule has 0 unspecified atom stereocenters. The first-order valence-corrected chi connectivity index (χ1v) is 6.17. The number of rotatable bonds is 1. The van der Waals surface area contributed by atoms with E-state index in [4.69, 9.17) is 0 Å². The molecule has 0 bridgehead atoms. The first-order valence-electron chi connectivity index (χ1n) is 4.59. The highest BCUT2D eigenvalue weighted by Gasteiger charge is 2.15. The zero-order valence-corrected chi connectivity index (χ0v) is 11.4. The SMILES string of the molecule is Fc1cc(F)c(-c2cc(F)ccc2Br)c(Br)c1. The zero-order valence-electron chi connectivity index (χ0n) is 8.28. The van der Waals surface area contributed by atoms with Gasteiger partial charge in [0.25, 0.3) is 0 Å². The van der Waals surface area contributed by atoms with Gasteiger partial charge >= 0.3 is 0 Å². The molecule has 0 heterocycles. The topological polar surface area (TPSA) is 0 Å². The molecule has 0 fully saturated rings. The minimum Gasteiger partial charge on any atom is -0.207 e. The van der Waals surface area contributed by atoms with E-state index in [9.17, 15) is 13.2 Å². The van der Waals surface area contributed by atoms with Crippen LogP contribution >= 0.6 is 31.9 Å². The number of halogens is 5. The van der Waals surface area contributed by atoms with Crippen molar-refractivity contribution >= 4 is 31.9 Å². The molecule has 0 nitrogen and oxygen atoms in total. The summed E-state index contributed by atoms with van der Waals surface area (Å²) in [6.45, 7) is 0.